The first-order valence-electron chi connectivity index (χ1n) is 9.72. The van der Waals surface area contributed by atoms with Crippen LogP contribution in [0.25, 0.3) is 0 Å². The van der Waals surface area contributed by atoms with E-state index in [1.807, 2.05) is 47.4 Å². The van der Waals surface area contributed by atoms with E-state index in [0.717, 1.165) is 24.2 Å². The number of rotatable bonds is 4. The number of hydrogen-bond acceptors (Lipinski definition) is 2. The van der Waals surface area contributed by atoms with E-state index in [9.17, 15) is 9.18 Å². The van der Waals surface area contributed by atoms with E-state index in [-0.39, 0.29) is 17.8 Å². The first kappa shape index (κ1) is 19.6. The van der Waals surface area contributed by atoms with Crippen molar-refractivity contribution in [3.63, 3.8) is 0 Å². The fourth-order valence-electron chi connectivity index (χ4n) is 3.88. The third kappa shape index (κ3) is 4.34. The maximum Gasteiger partial charge on any atom is 0.255 e. The zero-order valence-corrected chi connectivity index (χ0v) is 16.7. The molecule has 3 aromatic carbocycles. The Balaban J connectivity index is 1.53. The van der Waals surface area contributed by atoms with Gasteiger partial charge in [-0.1, -0.05) is 66.2 Å². The van der Waals surface area contributed by atoms with Crippen LogP contribution in [0.1, 0.15) is 27.5 Å². The maximum absolute atomic E-state index is 13.5. The van der Waals surface area contributed by atoms with Crippen molar-refractivity contribution < 1.29 is 9.18 Å². The van der Waals surface area contributed by atoms with Gasteiger partial charge in [0.1, 0.15) is 5.82 Å². The molecule has 1 amide bonds. The average molecular weight is 409 g/mol. The van der Waals surface area contributed by atoms with Crippen molar-refractivity contribution >= 4 is 17.5 Å². The van der Waals surface area contributed by atoms with Gasteiger partial charge in [-0.15, -0.1) is 0 Å². The summed E-state index contributed by atoms with van der Waals surface area (Å²) in [5.74, 6) is -0.274. The number of carbonyl (C=O) groups excluding carboxylic acids is 1. The molecule has 148 valence electrons. The minimum atomic E-state index is -0.240. The van der Waals surface area contributed by atoms with Crippen LogP contribution in [0.5, 0.6) is 0 Å². The lowest BCUT2D eigenvalue weighted by Crippen LogP contribution is -2.49. The van der Waals surface area contributed by atoms with Gasteiger partial charge in [-0.3, -0.25) is 9.69 Å². The van der Waals surface area contributed by atoms with Crippen LogP contribution in [0, 0.1) is 5.82 Å². The normalized spacial score (nSPS) is 15.9. The molecule has 0 saturated carbocycles. The summed E-state index contributed by atoms with van der Waals surface area (Å²) in [6, 6.07) is 24.1. The van der Waals surface area contributed by atoms with Gasteiger partial charge in [0, 0.05) is 26.2 Å². The Morgan fingerprint density at radius 2 is 1.38 bits per heavy atom. The number of piperazine rings is 1. The summed E-state index contributed by atoms with van der Waals surface area (Å²) in [6.07, 6.45) is 0. The van der Waals surface area contributed by atoms with E-state index >= 15 is 0 Å². The molecular formula is C24H22ClFN2O. The van der Waals surface area contributed by atoms with E-state index in [0.29, 0.717) is 23.7 Å². The second-order valence-corrected chi connectivity index (χ2v) is 7.58. The summed E-state index contributed by atoms with van der Waals surface area (Å²) in [4.78, 5) is 17.1. The first-order valence-corrected chi connectivity index (χ1v) is 10.1. The maximum atomic E-state index is 13.5. The molecule has 1 saturated heterocycles. The van der Waals surface area contributed by atoms with Gasteiger partial charge in [0.05, 0.1) is 16.6 Å². The van der Waals surface area contributed by atoms with Crippen molar-refractivity contribution in [3.8, 4) is 0 Å². The van der Waals surface area contributed by atoms with Gasteiger partial charge < -0.3 is 4.90 Å². The topological polar surface area (TPSA) is 23.6 Å². The Labute approximate surface area is 175 Å². The molecule has 3 aromatic rings. The zero-order chi connectivity index (χ0) is 20.2. The lowest BCUT2D eigenvalue weighted by atomic mass is 9.96. The van der Waals surface area contributed by atoms with Crippen LogP contribution < -0.4 is 0 Å². The van der Waals surface area contributed by atoms with E-state index < -0.39 is 0 Å². The second-order valence-electron chi connectivity index (χ2n) is 7.17. The Morgan fingerprint density at radius 1 is 0.793 bits per heavy atom. The van der Waals surface area contributed by atoms with Crippen molar-refractivity contribution in [2.75, 3.05) is 26.2 Å². The Bertz CT molecular complexity index is 970. The SMILES string of the molecule is O=C(c1ccccc1Cl)N1CCN([C@@H](c2ccccc2)c2ccc(F)cc2)CC1. The molecular weight excluding hydrogens is 387 g/mol. The minimum absolute atomic E-state index is 0.0226. The third-order valence-corrected chi connectivity index (χ3v) is 5.70. The average Bonchev–Trinajstić information content (AvgIpc) is 2.76. The fourth-order valence-corrected chi connectivity index (χ4v) is 4.10. The molecule has 1 atom stereocenters. The zero-order valence-electron chi connectivity index (χ0n) is 16.0. The molecule has 3 nitrogen and oxygen atoms in total. The van der Waals surface area contributed by atoms with Crippen LogP contribution in [0.2, 0.25) is 5.02 Å². The fraction of sp³-hybridized carbons (Fsp3) is 0.208. The summed E-state index contributed by atoms with van der Waals surface area (Å²) in [6.45, 7) is 2.70. The second kappa shape index (κ2) is 8.76. The van der Waals surface area contributed by atoms with E-state index in [1.54, 1.807) is 12.1 Å². The number of carbonyl (C=O) groups is 1. The molecule has 1 fully saturated rings. The quantitative estimate of drug-likeness (QED) is 0.604. The Morgan fingerprint density at radius 3 is 2.03 bits per heavy atom. The van der Waals surface area contributed by atoms with Gasteiger partial charge in [0.25, 0.3) is 5.91 Å². The number of amides is 1. The number of halogens is 2. The molecule has 1 aliphatic heterocycles. The predicted octanol–water partition coefficient (Wildman–Crippen LogP) is 5.03. The standard InChI is InChI=1S/C24H22ClFN2O/c25-22-9-5-4-8-21(22)24(29)28-16-14-27(15-17-28)23(18-6-2-1-3-7-18)19-10-12-20(26)13-11-19/h1-13,23H,14-17H2/t23-/m0/s1. The molecule has 0 bridgehead atoms. The Hall–Kier alpha value is -2.69. The molecule has 0 aromatic heterocycles. The van der Waals surface area contributed by atoms with Crippen LogP contribution in [-0.2, 0) is 0 Å². The largest absolute Gasteiger partial charge is 0.336 e. The van der Waals surface area contributed by atoms with Gasteiger partial charge in [0.2, 0.25) is 0 Å². The summed E-state index contributed by atoms with van der Waals surface area (Å²) in [5.41, 5.74) is 2.74. The molecule has 0 spiro atoms. The van der Waals surface area contributed by atoms with E-state index in [2.05, 4.69) is 17.0 Å². The van der Waals surface area contributed by atoms with Crippen molar-refractivity contribution in [3.05, 3.63) is 106 Å². The number of benzene rings is 3. The highest BCUT2D eigenvalue weighted by atomic mass is 35.5. The molecule has 0 radical (unpaired) electrons. The summed E-state index contributed by atoms with van der Waals surface area (Å²) < 4.78 is 13.5. The van der Waals surface area contributed by atoms with E-state index in [1.165, 1.54) is 12.1 Å². The van der Waals surface area contributed by atoms with Crippen LogP contribution in [0.3, 0.4) is 0 Å². The molecule has 1 heterocycles. The summed E-state index contributed by atoms with van der Waals surface area (Å²) in [5, 5.41) is 0.480. The van der Waals surface area contributed by atoms with Gasteiger partial charge in [-0.25, -0.2) is 4.39 Å². The van der Waals surface area contributed by atoms with Crippen molar-refractivity contribution in [2.24, 2.45) is 0 Å². The monoisotopic (exact) mass is 408 g/mol. The lowest BCUT2D eigenvalue weighted by molar-refractivity contribution is 0.0597. The molecule has 1 aliphatic rings. The Kier molecular flexibility index (Phi) is 5.93. The van der Waals surface area contributed by atoms with Gasteiger partial charge in [-0.2, -0.15) is 0 Å². The molecule has 0 aliphatic carbocycles. The number of hydrogen-bond donors (Lipinski definition) is 0. The highest BCUT2D eigenvalue weighted by molar-refractivity contribution is 6.33. The highest BCUT2D eigenvalue weighted by Crippen LogP contribution is 2.30. The lowest BCUT2D eigenvalue weighted by Gasteiger charge is -2.40. The van der Waals surface area contributed by atoms with Crippen molar-refractivity contribution in [1.29, 1.82) is 0 Å². The molecule has 4 rings (SSSR count). The summed E-state index contributed by atoms with van der Waals surface area (Å²) in [7, 11) is 0. The van der Waals surface area contributed by atoms with Crippen LogP contribution in [0.15, 0.2) is 78.9 Å². The first-order chi connectivity index (χ1) is 14.1. The van der Waals surface area contributed by atoms with Crippen molar-refractivity contribution in [2.45, 2.75) is 6.04 Å². The summed E-state index contributed by atoms with van der Waals surface area (Å²) >= 11 is 6.20. The molecule has 0 N–H and O–H groups in total. The molecule has 0 unspecified atom stereocenters. The van der Waals surface area contributed by atoms with Crippen molar-refractivity contribution in [1.82, 2.24) is 9.80 Å². The highest BCUT2D eigenvalue weighted by Gasteiger charge is 2.29. The minimum Gasteiger partial charge on any atom is -0.336 e. The van der Waals surface area contributed by atoms with Crippen LogP contribution in [0.4, 0.5) is 4.39 Å². The molecule has 29 heavy (non-hydrogen) atoms. The van der Waals surface area contributed by atoms with Crippen LogP contribution in [-0.4, -0.2) is 41.9 Å². The van der Waals surface area contributed by atoms with Crippen LogP contribution >= 0.6 is 11.6 Å². The molecule has 5 heteroatoms. The third-order valence-electron chi connectivity index (χ3n) is 5.37. The van der Waals surface area contributed by atoms with Gasteiger partial charge >= 0.3 is 0 Å². The van der Waals surface area contributed by atoms with Gasteiger partial charge in [0.15, 0.2) is 0 Å². The predicted molar refractivity (Wildman–Crippen MR) is 114 cm³/mol. The van der Waals surface area contributed by atoms with Gasteiger partial charge in [-0.05, 0) is 35.4 Å². The van der Waals surface area contributed by atoms with E-state index in [4.69, 9.17) is 11.6 Å². The number of nitrogens with zero attached hydrogens (tertiary/aromatic N) is 2. The smallest absolute Gasteiger partial charge is 0.255 e.